The van der Waals surface area contributed by atoms with E-state index in [1.807, 2.05) is 0 Å². The van der Waals surface area contributed by atoms with Gasteiger partial charge in [0.1, 0.15) is 5.52 Å². The molecule has 0 radical (unpaired) electrons. The molecule has 1 aromatic heterocycles. The van der Waals surface area contributed by atoms with E-state index in [-0.39, 0.29) is 11.5 Å². The largest absolute Gasteiger partial charge is 0.436 e. The number of para-hydroxylation sites is 1. The van der Waals surface area contributed by atoms with E-state index in [9.17, 15) is 13.2 Å². The lowest BCUT2D eigenvalue weighted by Crippen LogP contribution is -2.06. The topological polar surface area (TPSA) is 52.0 Å². The molecule has 0 fully saturated rings. The first-order chi connectivity index (χ1) is 9.47. The number of nitrogens with two attached hydrogens (primary N) is 1. The number of benzene rings is 2. The first-order valence-corrected chi connectivity index (χ1v) is 5.78. The van der Waals surface area contributed by atoms with Crippen LogP contribution in [0.4, 0.5) is 18.9 Å². The van der Waals surface area contributed by atoms with Crippen molar-refractivity contribution in [1.82, 2.24) is 4.98 Å². The van der Waals surface area contributed by atoms with Gasteiger partial charge in [-0.05, 0) is 24.3 Å². The van der Waals surface area contributed by atoms with Crippen molar-refractivity contribution in [3.63, 3.8) is 0 Å². The van der Waals surface area contributed by atoms with Crippen molar-refractivity contribution < 1.29 is 17.6 Å². The molecule has 2 aromatic carbocycles. The van der Waals surface area contributed by atoms with Gasteiger partial charge in [0.15, 0.2) is 5.58 Å². The minimum absolute atomic E-state index is 0.0918. The van der Waals surface area contributed by atoms with E-state index < -0.39 is 11.7 Å². The molecule has 0 atom stereocenters. The number of oxazole rings is 1. The van der Waals surface area contributed by atoms with E-state index in [4.69, 9.17) is 10.2 Å². The molecule has 20 heavy (non-hydrogen) atoms. The van der Waals surface area contributed by atoms with Gasteiger partial charge in [-0.15, -0.1) is 0 Å². The summed E-state index contributed by atoms with van der Waals surface area (Å²) >= 11 is 0. The SMILES string of the molecule is Nc1cccc2oc(-c3ccccc3C(F)(F)F)nc12. The van der Waals surface area contributed by atoms with Crippen LogP contribution in [0.2, 0.25) is 0 Å². The van der Waals surface area contributed by atoms with Crippen LogP contribution in [-0.4, -0.2) is 4.98 Å². The quantitative estimate of drug-likeness (QED) is 0.682. The number of hydrogen-bond acceptors (Lipinski definition) is 3. The predicted octanol–water partition coefficient (Wildman–Crippen LogP) is 4.10. The lowest BCUT2D eigenvalue weighted by molar-refractivity contribution is -0.137. The molecule has 0 aliphatic heterocycles. The number of alkyl halides is 3. The Labute approximate surface area is 111 Å². The second-order valence-corrected chi connectivity index (χ2v) is 4.26. The molecule has 3 rings (SSSR count). The summed E-state index contributed by atoms with van der Waals surface area (Å²) in [6, 6.07) is 10.0. The van der Waals surface area contributed by atoms with Crippen molar-refractivity contribution in [3.8, 4) is 11.5 Å². The van der Waals surface area contributed by atoms with E-state index in [1.54, 1.807) is 18.2 Å². The average Bonchev–Trinajstić information content (AvgIpc) is 2.83. The maximum Gasteiger partial charge on any atom is 0.417 e. The number of fused-ring (bicyclic) bond motifs is 1. The lowest BCUT2D eigenvalue weighted by atomic mass is 10.1. The Morgan fingerprint density at radius 1 is 1.00 bits per heavy atom. The van der Waals surface area contributed by atoms with E-state index in [2.05, 4.69) is 4.98 Å². The normalized spacial score (nSPS) is 11.9. The fraction of sp³-hybridized carbons (Fsp3) is 0.0714. The van der Waals surface area contributed by atoms with Crippen LogP contribution in [0.5, 0.6) is 0 Å². The molecule has 0 amide bonds. The Bertz CT molecular complexity index is 777. The maximum absolute atomic E-state index is 13.0. The van der Waals surface area contributed by atoms with Gasteiger partial charge in [-0.2, -0.15) is 13.2 Å². The number of nitrogen functional groups attached to an aromatic ring is 1. The van der Waals surface area contributed by atoms with Gasteiger partial charge < -0.3 is 10.2 Å². The highest BCUT2D eigenvalue weighted by Crippen LogP contribution is 2.37. The third kappa shape index (κ3) is 1.99. The van der Waals surface area contributed by atoms with Crippen molar-refractivity contribution in [2.24, 2.45) is 0 Å². The van der Waals surface area contributed by atoms with Crippen LogP contribution < -0.4 is 5.73 Å². The Kier molecular flexibility index (Phi) is 2.67. The number of halogens is 3. The molecule has 0 unspecified atom stereocenters. The summed E-state index contributed by atoms with van der Waals surface area (Å²) in [5.41, 5.74) is 5.92. The van der Waals surface area contributed by atoms with Crippen LogP contribution in [0.1, 0.15) is 5.56 Å². The Morgan fingerprint density at radius 2 is 1.75 bits per heavy atom. The van der Waals surface area contributed by atoms with Gasteiger partial charge in [0.05, 0.1) is 11.3 Å². The van der Waals surface area contributed by atoms with E-state index in [0.29, 0.717) is 16.8 Å². The van der Waals surface area contributed by atoms with Gasteiger partial charge in [0, 0.05) is 5.56 Å². The van der Waals surface area contributed by atoms with Crippen LogP contribution >= 0.6 is 0 Å². The fourth-order valence-electron chi connectivity index (χ4n) is 2.00. The lowest BCUT2D eigenvalue weighted by Gasteiger charge is -2.09. The summed E-state index contributed by atoms with van der Waals surface area (Å²) in [4.78, 5) is 4.07. The summed E-state index contributed by atoms with van der Waals surface area (Å²) in [6.45, 7) is 0. The van der Waals surface area contributed by atoms with Gasteiger partial charge in [0.25, 0.3) is 0 Å². The summed E-state index contributed by atoms with van der Waals surface area (Å²) in [5, 5.41) is 0. The number of anilines is 1. The number of hydrogen-bond donors (Lipinski definition) is 1. The maximum atomic E-state index is 13.0. The highest BCUT2D eigenvalue weighted by molar-refractivity contribution is 5.87. The second kappa shape index (κ2) is 4.26. The minimum atomic E-state index is -4.47. The van der Waals surface area contributed by atoms with E-state index in [1.165, 1.54) is 18.2 Å². The molecule has 0 saturated heterocycles. The zero-order valence-corrected chi connectivity index (χ0v) is 10.1. The van der Waals surface area contributed by atoms with Gasteiger partial charge in [-0.3, -0.25) is 0 Å². The summed E-state index contributed by atoms with van der Waals surface area (Å²) < 4.78 is 44.3. The molecule has 2 N–H and O–H groups in total. The van der Waals surface area contributed by atoms with Crippen molar-refractivity contribution in [1.29, 1.82) is 0 Å². The first kappa shape index (κ1) is 12.5. The van der Waals surface area contributed by atoms with Crippen molar-refractivity contribution in [2.45, 2.75) is 6.18 Å². The van der Waals surface area contributed by atoms with Crippen LogP contribution in [0.3, 0.4) is 0 Å². The fourth-order valence-corrected chi connectivity index (χ4v) is 2.00. The molecule has 0 aliphatic carbocycles. The average molecular weight is 278 g/mol. The van der Waals surface area contributed by atoms with Crippen LogP contribution in [-0.2, 0) is 6.18 Å². The summed E-state index contributed by atoms with van der Waals surface area (Å²) in [6.07, 6.45) is -4.47. The molecular formula is C14H9F3N2O. The molecule has 0 bridgehead atoms. The Morgan fingerprint density at radius 3 is 2.45 bits per heavy atom. The standard InChI is InChI=1S/C14H9F3N2O/c15-14(16,17)9-5-2-1-4-8(9)13-19-12-10(18)6-3-7-11(12)20-13/h1-7H,18H2. The van der Waals surface area contributed by atoms with Crippen molar-refractivity contribution in [2.75, 3.05) is 5.73 Å². The third-order valence-electron chi connectivity index (χ3n) is 2.91. The zero-order chi connectivity index (χ0) is 14.3. The highest BCUT2D eigenvalue weighted by Gasteiger charge is 2.34. The second-order valence-electron chi connectivity index (χ2n) is 4.26. The molecule has 0 aliphatic rings. The van der Waals surface area contributed by atoms with Crippen LogP contribution in [0, 0.1) is 0 Å². The van der Waals surface area contributed by atoms with Crippen LogP contribution in [0.15, 0.2) is 46.9 Å². The molecule has 3 nitrogen and oxygen atoms in total. The van der Waals surface area contributed by atoms with Crippen molar-refractivity contribution in [3.05, 3.63) is 48.0 Å². The van der Waals surface area contributed by atoms with Crippen molar-refractivity contribution >= 4 is 16.8 Å². The molecule has 102 valence electrons. The molecule has 0 spiro atoms. The van der Waals surface area contributed by atoms with Gasteiger partial charge >= 0.3 is 6.18 Å². The molecule has 0 saturated carbocycles. The van der Waals surface area contributed by atoms with E-state index in [0.717, 1.165) is 6.07 Å². The highest BCUT2D eigenvalue weighted by atomic mass is 19.4. The summed E-state index contributed by atoms with van der Waals surface area (Å²) in [7, 11) is 0. The Hall–Kier alpha value is -2.50. The number of nitrogens with zero attached hydrogens (tertiary/aromatic N) is 1. The zero-order valence-electron chi connectivity index (χ0n) is 10.1. The first-order valence-electron chi connectivity index (χ1n) is 5.78. The molecular weight excluding hydrogens is 269 g/mol. The molecule has 1 heterocycles. The monoisotopic (exact) mass is 278 g/mol. The molecule has 3 aromatic rings. The van der Waals surface area contributed by atoms with Crippen LogP contribution in [0.25, 0.3) is 22.6 Å². The molecule has 6 heteroatoms. The number of aromatic nitrogens is 1. The smallest absolute Gasteiger partial charge is 0.417 e. The van der Waals surface area contributed by atoms with Gasteiger partial charge in [0.2, 0.25) is 5.89 Å². The van der Waals surface area contributed by atoms with E-state index >= 15 is 0 Å². The van der Waals surface area contributed by atoms with Gasteiger partial charge in [-0.25, -0.2) is 4.98 Å². The Balaban J connectivity index is 2.24. The minimum Gasteiger partial charge on any atom is -0.436 e. The summed E-state index contributed by atoms with van der Waals surface area (Å²) in [5.74, 6) is -0.0918. The third-order valence-corrected chi connectivity index (χ3v) is 2.91. The predicted molar refractivity (Wildman–Crippen MR) is 68.9 cm³/mol. The number of rotatable bonds is 1. The van der Waals surface area contributed by atoms with Gasteiger partial charge in [-0.1, -0.05) is 18.2 Å².